The van der Waals surface area contributed by atoms with Crippen molar-refractivity contribution in [2.45, 2.75) is 44.9 Å². The van der Waals surface area contributed by atoms with Crippen LogP contribution in [0.4, 0.5) is 0 Å². The molecule has 4 aliphatic heterocycles. The number of nitrogens with zero attached hydrogens (tertiary/aromatic N) is 2. The predicted molar refractivity (Wildman–Crippen MR) is 103 cm³/mol. The van der Waals surface area contributed by atoms with Gasteiger partial charge in [0.2, 0.25) is 5.91 Å². The molecule has 0 radical (unpaired) electrons. The molecule has 5 aliphatic rings. The molecular formula is C22H30N2O5. The van der Waals surface area contributed by atoms with Crippen LogP contribution < -0.4 is 0 Å². The minimum atomic E-state index is -0.342. The molecule has 4 fully saturated rings. The van der Waals surface area contributed by atoms with E-state index in [4.69, 9.17) is 9.47 Å². The maximum atomic E-state index is 13.1. The number of rotatable bonds is 4. The molecule has 1 amide bonds. The van der Waals surface area contributed by atoms with Gasteiger partial charge in [-0.25, -0.2) is 4.79 Å². The van der Waals surface area contributed by atoms with Gasteiger partial charge in [-0.3, -0.25) is 9.59 Å². The second-order valence-electron chi connectivity index (χ2n) is 9.54. The van der Waals surface area contributed by atoms with Gasteiger partial charge in [0, 0.05) is 18.5 Å². The molecular weight excluding hydrogens is 372 g/mol. The van der Waals surface area contributed by atoms with Crippen LogP contribution in [0.1, 0.15) is 44.9 Å². The summed E-state index contributed by atoms with van der Waals surface area (Å²) in [7, 11) is 0. The van der Waals surface area contributed by atoms with Gasteiger partial charge in [0.15, 0.2) is 0 Å². The maximum Gasteiger partial charge on any atom is 0.333 e. The van der Waals surface area contributed by atoms with Gasteiger partial charge in [-0.1, -0.05) is 0 Å². The predicted octanol–water partition coefficient (Wildman–Crippen LogP) is 1.72. The van der Waals surface area contributed by atoms with Crippen molar-refractivity contribution in [3.05, 3.63) is 11.8 Å². The highest BCUT2D eigenvalue weighted by molar-refractivity contribution is 5.90. The van der Waals surface area contributed by atoms with Gasteiger partial charge in [-0.05, 0) is 70.5 Å². The lowest BCUT2D eigenvalue weighted by Gasteiger charge is -2.39. The molecule has 1 saturated carbocycles. The molecule has 29 heavy (non-hydrogen) atoms. The van der Waals surface area contributed by atoms with E-state index in [1.54, 1.807) is 4.90 Å². The van der Waals surface area contributed by atoms with E-state index in [0.717, 1.165) is 63.9 Å². The third kappa shape index (κ3) is 3.47. The molecule has 0 N–H and O–H groups in total. The molecule has 7 nitrogen and oxygen atoms in total. The first kappa shape index (κ1) is 19.1. The highest BCUT2D eigenvalue weighted by atomic mass is 16.5. The Morgan fingerprint density at radius 1 is 1.03 bits per heavy atom. The van der Waals surface area contributed by atoms with Crippen LogP contribution >= 0.6 is 0 Å². The van der Waals surface area contributed by atoms with Gasteiger partial charge in [0.05, 0.1) is 23.6 Å². The SMILES string of the molecule is O=C1C=C(N2CCC3(CCN(CCC4CCC5C(=O)OCC5C4)CC3)C2=O)CO1. The third-order valence-electron chi connectivity index (χ3n) is 8.01. The van der Waals surface area contributed by atoms with Crippen LogP contribution in [0.3, 0.4) is 0 Å². The fourth-order valence-corrected chi connectivity index (χ4v) is 6.06. The van der Waals surface area contributed by atoms with Crippen LogP contribution in [-0.2, 0) is 23.9 Å². The highest BCUT2D eigenvalue weighted by Crippen LogP contribution is 2.44. The van der Waals surface area contributed by atoms with Crippen LogP contribution in [0.2, 0.25) is 0 Å². The number of fused-ring (bicyclic) bond motifs is 1. The Morgan fingerprint density at radius 3 is 2.59 bits per heavy atom. The van der Waals surface area contributed by atoms with E-state index in [1.165, 1.54) is 12.5 Å². The standard InChI is InChI=1S/C22H30N2O5/c25-19-12-17(14-28-19)24-10-6-22(21(24)27)4-8-23(9-5-22)7-3-15-1-2-18-16(11-15)13-29-20(18)26/h12,15-16,18H,1-11,13-14H2. The van der Waals surface area contributed by atoms with Gasteiger partial charge < -0.3 is 19.3 Å². The number of amides is 1. The minimum absolute atomic E-state index is 0.0225. The lowest BCUT2D eigenvalue weighted by molar-refractivity contribution is -0.141. The van der Waals surface area contributed by atoms with Crippen LogP contribution in [0, 0.1) is 23.2 Å². The molecule has 1 aliphatic carbocycles. The molecule has 5 rings (SSSR count). The summed E-state index contributed by atoms with van der Waals surface area (Å²) in [5.74, 6) is 1.16. The number of hydrogen-bond donors (Lipinski definition) is 0. The van der Waals surface area contributed by atoms with E-state index < -0.39 is 0 Å². The van der Waals surface area contributed by atoms with Crippen LogP contribution in [-0.4, -0.2) is 67.0 Å². The minimum Gasteiger partial charge on any atom is -0.465 e. The summed E-state index contributed by atoms with van der Waals surface area (Å²) in [5, 5.41) is 0. The normalized spacial score (nSPS) is 34.3. The van der Waals surface area contributed by atoms with Crippen molar-refractivity contribution in [3.63, 3.8) is 0 Å². The molecule has 3 unspecified atom stereocenters. The van der Waals surface area contributed by atoms with Gasteiger partial charge >= 0.3 is 11.9 Å². The van der Waals surface area contributed by atoms with Crippen molar-refractivity contribution in [3.8, 4) is 0 Å². The monoisotopic (exact) mass is 402 g/mol. The molecule has 0 bridgehead atoms. The number of cyclic esters (lactones) is 2. The van der Waals surface area contributed by atoms with Crippen molar-refractivity contribution in [1.29, 1.82) is 0 Å². The Labute approximate surface area is 171 Å². The second-order valence-corrected chi connectivity index (χ2v) is 9.54. The largest absolute Gasteiger partial charge is 0.465 e. The van der Waals surface area contributed by atoms with E-state index >= 15 is 0 Å². The summed E-state index contributed by atoms with van der Waals surface area (Å²) in [6.07, 6.45) is 8.58. The zero-order chi connectivity index (χ0) is 20.0. The summed E-state index contributed by atoms with van der Waals surface area (Å²) >= 11 is 0. The van der Waals surface area contributed by atoms with Gasteiger partial charge in [-0.2, -0.15) is 0 Å². The molecule has 0 aromatic rings. The molecule has 0 aromatic heterocycles. The van der Waals surface area contributed by atoms with Gasteiger partial charge in [0.25, 0.3) is 0 Å². The van der Waals surface area contributed by atoms with E-state index in [0.29, 0.717) is 25.0 Å². The quantitative estimate of drug-likeness (QED) is 0.667. The number of piperidine rings is 1. The van der Waals surface area contributed by atoms with Crippen molar-refractivity contribution < 1.29 is 23.9 Å². The number of carbonyl (C=O) groups is 3. The Balaban J connectivity index is 1.10. The van der Waals surface area contributed by atoms with Crippen LogP contribution in [0.25, 0.3) is 0 Å². The zero-order valence-electron chi connectivity index (χ0n) is 16.9. The molecule has 3 saturated heterocycles. The maximum absolute atomic E-state index is 13.1. The summed E-state index contributed by atoms with van der Waals surface area (Å²) in [4.78, 5) is 40.4. The van der Waals surface area contributed by atoms with Crippen molar-refractivity contribution >= 4 is 17.8 Å². The van der Waals surface area contributed by atoms with E-state index in [-0.39, 0.29) is 35.8 Å². The number of likely N-dealkylation sites (tertiary alicyclic amines) is 2. The van der Waals surface area contributed by atoms with Crippen molar-refractivity contribution in [1.82, 2.24) is 9.80 Å². The highest BCUT2D eigenvalue weighted by Gasteiger charge is 2.49. The molecule has 7 heteroatoms. The van der Waals surface area contributed by atoms with E-state index in [2.05, 4.69) is 4.90 Å². The topological polar surface area (TPSA) is 76.2 Å². The number of esters is 2. The van der Waals surface area contributed by atoms with Crippen LogP contribution in [0.15, 0.2) is 11.8 Å². The summed E-state index contributed by atoms with van der Waals surface area (Å²) in [5.41, 5.74) is 0.479. The lowest BCUT2D eigenvalue weighted by Crippen LogP contribution is -2.45. The fourth-order valence-electron chi connectivity index (χ4n) is 6.06. The number of carbonyl (C=O) groups excluding carboxylic acids is 3. The molecule has 0 aromatic carbocycles. The first-order chi connectivity index (χ1) is 14.0. The number of ether oxygens (including phenoxy) is 2. The Kier molecular flexibility index (Phi) is 4.88. The Morgan fingerprint density at radius 2 is 1.83 bits per heavy atom. The Bertz CT molecular complexity index is 739. The second kappa shape index (κ2) is 7.42. The first-order valence-corrected chi connectivity index (χ1v) is 11.1. The third-order valence-corrected chi connectivity index (χ3v) is 8.01. The van der Waals surface area contributed by atoms with Gasteiger partial charge in [0.1, 0.15) is 6.61 Å². The van der Waals surface area contributed by atoms with Gasteiger partial charge in [-0.15, -0.1) is 0 Å². The summed E-state index contributed by atoms with van der Waals surface area (Å²) in [6.45, 7) is 4.57. The molecule has 1 spiro atoms. The molecule has 4 heterocycles. The van der Waals surface area contributed by atoms with E-state index in [1.807, 2.05) is 0 Å². The lowest BCUT2D eigenvalue weighted by atomic mass is 9.74. The van der Waals surface area contributed by atoms with Crippen LogP contribution in [0.5, 0.6) is 0 Å². The zero-order valence-corrected chi connectivity index (χ0v) is 16.9. The summed E-state index contributed by atoms with van der Waals surface area (Å²) in [6, 6.07) is 0. The average molecular weight is 402 g/mol. The number of hydrogen-bond acceptors (Lipinski definition) is 6. The van der Waals surface area contributed by atoms with Crippen molar-refractivity contribution in [2.75, 3.05) is 39.4 Å². The smallest absolute Gasteiger partial charge is 0.333 e. The van der Waals surface area contributed by atoms with Crippen molar-refractivity contribution in [2.24, 2.45) is 23.2 Å². The molecule has 158 valence electrons. The fraction of sp³-hybridized carbons (Fsp3) is 0.773. The average Bonchev–Trinajstić information content (AvgIpc) is 3.41. The van der Waals surface area contributed by atoms with E-state index in [9.17, 15) is 14.4 Å². The Hall–Kier alpha value is -1.89. The molecule has 3 atom stereocenters. The first-order valence-electron chi connectivity index (χ1n) is 11.1. The summed E-state index contributed by atoms with van der Waals surface area (Å²) < 4.78 is 10.2.